The number of amides is 1. The Morgan fingerprint density at radius 2 is 2.09 bits per heavy atom. The molecular weight excluding hydrogens is 278 g/mol. The summed E-state index contributed by atoms with van der Waals surface area (Å²) in [4.78, 5) is 18.5. The van der Waals surface area contributed by atoms with Crippen LogP contribution in [0.15, 0.2) is 24.5 Å². The van der Waals surface area contributed by atoms with Gasteiger partial charge in [-0.05, 0) is 25.5 Å². The number of hydrogen-bond donors (Lipinski definition) is 1. The third kappa shape index (κ3) is 3.63. The van der Waals surface area contributed by atoms with Crippen molar-refractivity contribution < 1.29 is 4.79 Å². The Labute approximate surface area is 131 Å². The third-order valence-electron chi connectivity index (χ3n) is 3.45. The number of pyridine rings is 1. The summed E-state index contributed by atoms with van der Waals surface area (Å²) in [6.07, 6.45) is 5.48. The van der Waals surface area contributed by atoms with Gasteiger partial charge in [0, 0.05) is 32.4 Å². The molecule has 0 aliphatic heterocycles. The van der Waals surface area contributed by atoms with Crippen molar-refractivity contribution in [2.45, 2.75) is 33.2 Å². The average molecular weight is 301 g/mol. The van der Waals surface area contributed by atoms with E-state index in [1.165, 1.54) is 0 Å². The molecule has 0 saturated carbocycles. The highest BCUT2D eigenvalue weighted by Crippen LogP contribution is 2.16. The fourth-order valence-electron chi connectivity index (χ4n) is 2.08. The first-order valence-corrected chi connectivity index (χ1v) is 7.50. The van der Waals surface area contributed by atoms with Crippen LogP contribution in [-0.4, -0.2) is 34.8 Å². The minimum absolute atomic E-state index is 0.167. The molecule has 6 nitrogen and oxygen atoms in total. The van der Waals surface area contributed by atoms with E-state index in [9.17, 15) is 4.79 Å². The van der Waals surface area contributed by atoms with Crippen molar-refractivity contribution in [3.63, 3.8) is 0 Å². The summed E-state index contributed by atoms with van der Waals surface area (Å²) in [7, 11) is 3.83. The van der Waals surface area contributed by atoms with E-state index in [1.54, 1.807) is 18.5 Å². The second-order valence-electron chi connectivity index (χ2n) is 5.51. The van der Waals surface area contributed by atoms with E-state index in [0.717, 1.165) is 36.6 Å². The highest BCUT2D eigenvalue weighted by atomic mass is 16.1. The topological polar surface area (TPSA) is 63.1 Å². The highest BCUT2D eigenvalue weighted by Gasteiger charge is 2.13. The molecule has 22 heavy (non-hydrogen) atoms. The lowest BCUT2D eigenvalue weighted by atomic mass is 10.2. The maximum absolute atomic E-state index is 12.4. The van der Waals surface area contributed by atoms with E-state index in [1.807, 2.05) is 36.7 Å². The summed E-state index contributed by atoms with van der Waals surface area (Å²) in [5.74, 6) is 1.41. The summed E-state index contributed by atoms with van der Waals surface area (Å²) in [5, 5.41) is 7.26. The minimum atomic E-state index is -0.167. The lowest BCUT2D eigenvalue weighted by molar-refractivity contribution is 0.102. The molecule has 0 bridgehead atoms. The van der Waals surface area contributed by atoms with Gasteiger partial charge in [0.1, 0.15) is 11.6 Å². The van der Waals surface area contributed by atoms with E-state index >= 15 is 0 Å². The molecule has 118 valence electrons. The van der Waals surface area contributed by atoms with Crippen LogP contribution in [-0.2, 0) is 6.54 Å². The second kappa shape index (κ2) is 7.06. The predicted octanol–water partition coefficient (Wildman–Crippen LogP) is 2.70. The van der Waals surface area contributed by atoms with Gasteiger partial charge >= 0.3 is 0 Å². The van der Waals surface area contributed by atoms with Gasteiger partial charge < -0.3 is 10.2 Å². The fraction of sp³-hybridized carbons (Fsp3) is 0.438. The molecule has 2 aromatic heterocycles. The second-order valence-corrected chi connectivity index (χ2v) is 5.51. The van der Waals surface area contributed by atoms with Crippen LogP contribution in [0.4, 0.5) is 11.6 Å². The van der Waals surface area contributed by atoms with Crippen molar-refractivity contribution in [1.29, 1.82) is 0 Å². The zero-order valence-electron chi connectivity index (χ0n) is 13.6. The Morgan fingerprint density at radius 3 is 2.68 bits per heavy atom. The van der Waals surface area contributed by atoms with Crippen molar-refractivity contribution in [1.82, 2.24) is 14.8 Å². The van der Waals surface area contributed by atoms with E-state index in [4.69, 9.17) is 0 Å². The Balaban J connectivity index is 2.13. The number of unbranched alkanes of at least 4 members (excludes halogenated alkanes) is 1. The van der Waals surface area contributed by atoms with Crippen LogP contribution >= 0.6 is 0 Å². The van der Waals surface area contributed by atoms with Gasteiger partial charge in [0.15, 0.2) is 0 Å². The van der Waals surface area contributed by atoms with Crippen LogP contribution in [0.1, 0.15) is 35.7 Å². The first-order chi connectivity index (χ1) is 10.5. The standard InChI is InChI=1S/C16H23N5O/c1-5-6-9-21-15(12(2)10-18-21)19-16(22)13-7-8-14(17-11-13)20(3)4/h7-8,10-11H,5-6,9H2,1-4H3,(H,19,22). The van der Waals surface area contributed by atoms with Crippen LogP contribution in [0.5, 0.6) is 0 Å². The maximum atomic E-state index is 12.4. The Hall–Kier alpha value is -2.37. The number of aromatic nitrogens is 3. The number of aryl methyl sites for hydroxylation is 2. The summed E-state index contributed by atoms with van der Waals surface area (Å²) in [5.41, 5.74) is 1.50. The summed E-state index contributed by atoms with van der Waals surface area (Å²) in [6.45, 7) is 4.88. The van der Waals surface area contributed by atoms with Gasteiger partial charge in [-0.2, -0.15) is 5.10 Å². The van der Waals surface area contributed by atoms with Crippen molar-refractivity contribution in [3.8, 4) is 0 Å². The van der Waals surface area contributed by atoms with Gasteiger partial charge in [0.25, 0.3) is 5.91 Å². The molecule has 6 heteroatoms. The van der Waals surface area contributed by atoms with Gasteiger partial charge in [0.05, 0.1) is 11.8 Å². The smallest absolute Gasteiger partial charge is 0.258 e. The van der Waals surface area contributed by atoms with Crippen LogP contribution in [0.2, 0.25) is 0 Å². The highest BCUT2D eigenvalue weighted by molar-refractivity contribution is 6.04. The van der Waals surface area contributed by atoms with Gasteiger partial charge in [0.2, 0.25) is 0 Å². The molecule has 1 amide bonds. The molecule has 0 atom stereocenters. The van der Waals surface area contributed by atoms with Crippen LogP contribution in [0, 0.1) is 6.92 Å². The molecule has 2 aromatic rings. The van der Waals surface area contributed by atoms with Gasteiger partial charge in [-0.1, -0.05) is 13.3 Å². The fourth-order valence-corrected chi connectivity index (χ4v) is 2.08. The first kappa shape index (κ1) is 16.0. The first-order valence-electron chi connectivity index (χ1n) is 7.50. The SMILES string of the molecule is CCCCn1ncc(C)c1NC(=O)c1ccc(N(C)C)nc1. The van der Waals surface area contributed by atoms with Gasteiger partial charge in [-0.15, -0.1) is 0 Å². The number of hydrogen-bond acceptors (Lipinski definition) is 4. The number of anilines is 2. The summed E-state index contributed by atoms with van der Waals surface area (Å²) < 4.78 is 1.85. The minimum Gasteiger partial charge on any atom is -0.363 e. The molecule has 0 fully saturated rings. The number of nitrogens with zero attached hydrogens (tertiary/aromatic N) is 4. The molecule has 2 rings (SSSR count). The Morgan fingerprint density at radius 1 is 1.32 bits per heavy atom. The molecule has 0 spiro atoms. The Kier molecular flexibility index (Phi) is 5.14. The normalized spacial score (nSPS) is 10.5. The number of carbonyl (C=O) groups is 1. The summed E-state index contributed by atoms with van der Waals surface area (Å²) >= 11 is 0. The quantitative estimate of drug-likeness (QED) is 0.891. The molecule has 1 N–H and O–H groups in total. The zero-order chi connectivity index (χ0) is 16.1. The molecular formula is C16H23N5O. The lowest BCUT2D eigenvalue weighted by Crippen LogP contribution is -2.17. The molecule has 0 aromatic carbocycles. The lowest BCUT2D eigenvalue weighted by Gasteiger charge is -2.12. The van der Waals surface area contributed by atoms with Crippen LogP contribution < -0.4 is 10.2 Å². The van der Waals surface area contributed by atoms with Gasteiger partial charge in [-0.25, -0.2) is 9.67 Å². The molecule has 0 saturated heterocycles. The van der Waals surface area contributed by atoms with E-state index < -0.39 is 0 Å². The van der Waals surface area contributed by atoms with Crippen LogP contribution in [0.3, 0.4) is 0 Å². The molecule has 0 aliphatic carbocycles. The van der Waals surface area contributed by atoms with Crippen LogP contribution in [0.25, 0.3) is 0 Å². The third-order valence-corrected chi connectivity index (χ3v) is 3.45. The molecule has 2 heterocycles. The molecule has 0 aliphatic rings. The van der Waals surface area contributed by atoms with Crippen molar-refractivity contribution in [2.75, 3.05) is 24.3 Å². The van der Waals surface area contributed by atoms with Crippen molar-refractivity contribution in [2.24, 2.45) is 0 Å². The molecule has 0 unspecified atom stereocenters. The number of carbonyl (C=O) groups excluding carboxylic acids is 1. The summed E-state index contributed by atoms with van der Waals surface area (Å²) in [6, 6.07) is 3.61. The zero-order valence-corrected chi connectivity index (χ0v) is 13.6. The largest absolute Gasteiger partial charge is 0.363 e. The van der Waals surface area contributed by atoms with E-state index in [2.05, 4.69) is 22.3 Å². The van der Waals surface area contributed by atoms with Crippen molar-refractivity contribution in [3.05, 3.63) is 35.7 Å². The van der Waals surface area contributed by atoms with E-state index in [-0.39, 0.29) is 5.91 Å². The maximum Gasteiger partial charge on any atom is 0.258 e. The Bertz CT molecular complexity index is 630. The molecule has 0 radical (unpaired) electrons. The van der Waals surface area contributed by atoms with Crippen molar-refractivity contribution >= 4 is 17.5 Å². The number of nitrogens with one attached hydrogen (secondary N) is 1. The predicted molar refractivity (Wildman–Crippen MR) is 88.4 cm³/mol. The monoisotopic (exact) mass is 301 g/mol. The average Bonchev–Trinajstić information content (AvgIpc) is 2.86. The van der Waals surface area contributed by atoms with Gasteiger partial charge in [-0.3, -0.25) is 4.79 Å². The van der Waals surface area contributed by atoms with E-state index in [0.29, 0.717) is 5.56 Å². The number of rotatable bonds is 6.